The Morgan fingerprint density at radius 1 is 1.07 bits per heavy atom. The second-order valence-electron chi connectivity index (χ2n) is 6.12. The number of rotatable bonds is 2. The SMILES string of the molecule is COc1ccc2c(c1)c1oc(=O)c(C(F)(F)F)c(-c3ccccc3)c1n2C. The zero-order chi connectivity index (χ0) is 19.3. The average Bonchev–Trinajstić information content (AvgIpc) is 2.92. The van der Waals surface area contributed by atoms with Gasteiger partial charge in [0.2, 0.25) is 0 Å². The topological polar surface area (TPSA) is 44.4 Å². The highest BCUT2D eigenvalue weighted by atomic mass is 19.4. The number of methoxy groups -OCH3 is 1. The van der Waals surface area contributed by atoms with Crippen LogP contribution in [0.2, 0.25) is 0 Å². The third-order valence-corrected chi connectivity index (χ3v) is 4.59. The van der Waals surface area contributed by atoms with E-state index >= 15 is 0 Å². The van der Waals surface area contributed by atoms with Gasteiger partial charge < -0.3 is 13.7 Å². The van der Waals surface area contributed by atoms with Gasteiger partial charge in [-0.25, -0.2) is 4.79 Å². The Morgan fingerprint density at radius 3 is 2.41 bits per heavy atom. The molecule has 0 amide bonds. The Hall–Kier alpha value is -3.22. The summed E-state index contributed by atoms with van der Waals surface area (Å²) in [5.74, 6) is 0.513. The fraction of sp³-hybridized carbons (Fsp3) is 0.150. The molecule has 0 saturated heterocycles. The highest BCUT2D eigenvalue weighted by molar-refractivity contribution is 6.10. The van der Waals surface area contributed by atoms with Crippen LogP contribution in [-0.4, -0.2) is 11.7 Å². The van der Waals surface area contributed by atoms with Crippen molar-refractivity contribution in [3.8, 4) is 16.9 Å². The minimum absolute atomic E-state index is 0.100. The van der Waals surface area contributed by atoms with Crippen LogP contribution in [0.1, 0.15) is 5.56 Å². The van der Waals surface area contributed by atoms with E-state index in [0.717, 1.165) is 0 Å². The molecule has 4 nitrogen and oxygen atoms in total. The van der Waals surface area contributed by atoms with Gasteiger partial charge in [-0.3, -0.25) is 0 Å². The van der Waals surface area contributed by atoms with Gasteiger partial charge in [0.15, 0.2) is 11.1 Å². The zero-order valence-corrected chi connectivity index (χ0v) is 14.4. The minimum Gasteiger partial charge on any atom is -0.497 e. The number of aromatic nitrogens is 1. The molecule has 0 saturated carbocycles. The van der Waals surface area contributed by atoms with Crippen LogP contribution in [0.3, 0.4) is 0 Å². The van der Waals surface area contributed by atoms with E-state index in [1.807, 2.05) is 0 Å². The van der Waals surface area contributed by atoms with Crippen LogP contribution >= 0.6 is 0 Å². The molecule has 0 N–H and O–H groups in total. The smallest absolute Gasteiger partial charge is 0.424 e. The summed E-state index contributed by atoms with van der Waals surface area (Å²) in [6.07, 6.45) is -4.85. The molecule has 0 aliphatic rings. The minimum atomic E-state index is -4.85. The van der Waals surface area contributed by atoms with Crippen LogP contribution in [0.4, 0.5) is 13.2 Å². The summed E-state index contributed by atoms with van der Waals surface area (Å²) in [4.78, 5) is 12.4. The van der Waals surface area contributed by atoms with Crippen LogP contribution in [0.25, 0.3) is 33.1 Å². The van der Waals surface area contributed by atoms with Gasteiger partial charge in [-0.15, -0.1) is 0 Å². The average molecular weight is 373 g/mol. The highest BCUT2D eigenvalue weighted by Crippen LogP contribution is 2.42. The number of alkyl halides is 3. The van der Waals surface area contributed by atoms with Crippen molar-refractivity contribution in [3.05, 3.63) is 64.5 Å². The van der Waals surface area contributed by atoms with Crippen molar-refractivity contribution in [2.75, 3.05) is 7.11 Å². The summed E-state index contributed by atoms with van der Waals surface area (Å²) in [6, 6.07) is 13.1. The summed E-state index contributed by atoms with van der Waals surface area (Å²) in [7, 11) is 3.13. The summed E-state index contributed by atoms with van der Waals surface area (Å²) >= 11 is 0. The molecule has 0 radical (unpaired) electrons. The molecule has 0 aliphatic carbocycles. The van der Waals surface area contributed by atoms with Gasteiger partial charge in [0.1, 0.15) is 5.75 Å². The Morgan fingerprint density at radius 2 is 1.78 bits per heavy atom. The molecule has 2 aromatic carbocycles. The molecule has 0 aliphatic heterocycles. The second kappa shape index (κ2) is 5.90. The Balaban J connectivity index is 2.28. The number of hydrogen-bond donors (Lipinski definition) is 0. The van der Waals surface area contributed by atoms with E-state index in [9.17, 15) is 18.0 Å². The number of hydrogen-bond acceptors (Lipinski definition) is 3. The van der Waals surface area contributed by atoms with Crippen molar-refractivity contribution in [1.29, 1.82) is 0 Å². The lowest BCUT2D eigenvalue weighted by atomic mass is 9.99. The first-order chi connectivity index (χ1) is 12.8. The summed E-state index contributed by atoms with van der Waals surface area (Å²) in [5.41, 5.74) is -1.68. The largest absolute Gasteiger partial charge is 0.497 e. The van der Waals surface area contributed by atoms with Crippen LogP contribution in [0, 0.1) is 0 Å². The van der Waals surface area contributed by atoms with Gasteiger partial charge in [-0.05, 0) is 23.8 Å². The van der Waals surface area contributed by atoms with Crippen LogP contribution in [0.15, 0.2) is 57.7 Å². The van der Waals surface area contributed by atoms with E-state index in [0.29, 0.717) is 22.2 Å². The van der Waals surface area contributed by atoms with Gasteiger partial charge in [0.05, 0.1) is 18.1 Å². The Bertz CT molecular complexity index is 1220. The van der Waals surface area contributed by atoms with Gasteiger partial charge in [-0.2, -0.15) is 13.2 Å². The molecule has 2 aromatic heterocycles. The zero-order valence-electron chi connectivity index (χ0n) is 14.4. The Labute approximate surface area is 151 Å². The van der Waals surface area contributed by atoms with Crippen molar-refractivity contribution in [2.24, 2.45) is 7.05 Å². The number of ether oxygens (including phenoxy) is 1. The predicted molar refractivity (Wildman–Crippen MR) is 96.0 cm³/mol. The molecular weight excluding hydrogens is 359 g/mol. The van der Waals surface area contributed by atoms with Crippen LogP contribution < -0.4 is 10.4 Å². The number of nitrogens with zero attached hydrogens (tertiary/aromatic N) is 1. The molecule has 0 fully saturated rings. The van der Waals surface area contributed by atoms with Crippen molar-refractivity contribution in [3.63, 3.8) is 0 Å². The lowest BCUT2D eigenvalue weighted by Crippen LogP contribution is -2.20. The summed E-state index contributed by atoms with van der Waals surface area (Å²) in [6.45, 7) is 0. The third-order valence-electron chi connectivity index (χ3n) is 4.59. The van der Waals surface area contributed by atoms with Gasteiger partial charge in [-0.1, -0.05) is 30.3 Å². The third kappa shape index (κ3) is 2.58. The Kier molecular flexibility index (Phi) is 3.76. The second-order valence-corrected chi connectivity index (χ2v) is 6.12. The number of benzene rings is 2. The quantitative estimate of drug-likeness (QED) is 0.498. The summed E-state index contributed by atoms with van der Waals surface area (Å²) in [5, 5.41) is 0.509. The predicted octanol–water partition coefficient (Wildman–Crippen LogP) is 4.98. The van der Waals surface area contributed by atoms with E-state index in [-0.39, 0.29) is 16.7 Å². The van der Waals surface area contributed by atoms with E-state index in [2.05, 4.69) is 0 Å². The van der Waals surface area contributed by atoms with E-state index in [1.165, 1.54) is 7.11 Å². The monoisotopic (exact) mass is 373 g/mol. The van der Waals surface area contributed by atoms with E-state index < -0.39 is 17.4 Å². The normalized spacial score (nSPS) is 12.0. The van der Waals surface area contributed by atoms with Crippen molar-refractivity contribution < 1.29 is 22.3 Å². The first-order valence-electron chi connectivity index (χ1n) is 8.08. The molecule has 0 atom stereocenters. The van der Waals surface area contributed by atoms with Crippen molar-refractivity contribution in [2.45, 2.75) is 6.18 Å². The maximum atomic E-state index is 13.7. The van der Waals surface area contributed by atoms with Crippen molar-refractivity contribution >= 4 is 22.0 Å². The molecule has 0 spiro atoms. The lowest BCUT2D eigenvalue weighted by molar-refractivity contribution is -0.139. The molecule has 138 valence electrons. The fourth-order valence-electron chi connectivity index (χ4n) is 3.41. The molecule has 0 bridgehead atoms. The van der Waals surface area contributed by atoms with Gasteiger partial charge in [0, 0.05) is 18.0 Å². The molecule has 4 rings (SSSR count). The number of aryl methyl sites for hydroxylation is 1. The highest BCUT2D eigenvalue weighted by Gasteiger charge is 2.40. The van der Waals surface area contributed by atoms with Crippen LogP contribution in [-0.2, 0) is 13.2 Å². The standard InChI is InChI=1S/C20H14F3NO3/c1-24-14-9-8-12(26-2)10-13(14)18-17(24)15(11-6-4-3-5-7-11)16(19(25)27-18)20(21,22)23/h3-10H,1-2H3. The molecule has 0 unspecified atom stereocenters. The maximum absolute atomic E-state index is 13.7. The summed E-state index contributed by atoms with van der Waals surface area (Å²) < 4.78 is 53.2. The number of halogens is 3. The van der Waals surface area contributed by atoms with Gasteiger partial charge >= 0.3 is 11.8 Å². The molecular formula is C20H14F3NO3. The first kappa shape index (κ1) is 17.2. The first-order valence-corrected chi connectivity index (χ1v) is 8.08. The van der Waals surface area contributed by atoms with Gasteiger partial charge in [0.25, 0.3) is 0 Å². The molecule has 7 heteroatoms. The fourth-order valence-corrected chi connectivity index (χ4v) is 3.41. The molecule has 27 heavy (non-hydrogen) atoms. The lowest BCUT2D eigenvalue weighted by Gasteiger charge is -2.13. The van der Waals surface area contributed by atoms with Crippen LogP contribution in [0.5, 0.6) is 5.75 Å². The van der Waals surface area contributed by atoms with E-state index in [4.69, 9.17) is 9.15 Å². The molecule has 2 heterocycles. The maximum Gasteiger partial charge on any atom is 0.424 e. The van der Waals surface area contributed by atoms with Crippen molar-refractivity contribution in [1.82, 2.24) is 4.57 Å². The number of fused-ring (bicyclic) bond motifs is 3. The molecule has 4 aromatic rings. The van der Waals surface area contributed by atoms with E-state index in [1.54, 1.807) is 60.1 Å².